The Labute approximate surface area is 118 Å². The van der Waals surface area contributed by atoms with Crippen molar-refractivity contribution < 1.29 is 14.3 Å². The summed E-state index contributed by atoms with van der Waals surface area (Å²) < 4.78 is 5.59. The molecule has 108 valence electrons. The van der Waals surface area contributed by atoms with E-state index in [4.69, 9.17) is 4.74 Å². The van der Waals surface area contributed by atoms with Gasteiger partial charge in [-0.3, -0.25) is 9.59 Å². The molecule has 1 aliphatic heterocycles. The molecule has 2 unspecified atom stereocenters. The molecule has 0 aliphatic carbocycles. The lowest BCUT2D eigenvalue weighted by Crippen LogP contribution is -2.50. The van der Waals surface area contributed by atoms with Crippen LogP contribution in [-0.2, 0) is 9.59 Å². The summed E-state index contributed by atoms with van der Waals surface area (Å²) in [6, 6.07) is 7.57. The van der Waals surface area contributed by atoms with Crippen LogP contribution in [0.25, 0.3) is 0 Å². The van der Waals surface area contributed by atoms with Crippen LogP contribution in [0.5, 0.6) is 5.75 Å². The zero-order valence-electron chi connectivity index (χ0n) is 11.8. The Balaban J connectivity index is 1.82. The molecule has 1 saturated heterocycles. The summed E-state index contributed by atoms with van der Waals surface area (Å²) in [7, 11) is 0. The number of benzene rings is 1. The zero-order chi connectivity index (χ0) is 14.5. The number of ether oxygens (including phenoxy) is 1. The van der Waals surface area contributed by atoms with Crippen molar-refractivity contribution in [3.8, 4) is 5.75 Å². The number of rotatable bonds is 4. The summed E-state index contributed by atoms with van der Waals surface area (Å²) in [4.78, 5) is 23.1. The van der Waals surface area contributed by atoms with Gasteiger partial charge >= 0.3 is 0 Å². The van der Waals surface area contributed by atoms with Gasteiger partial charge in [0.25, 0.3) is 5.91 Å². The van der Waals surface area contributed by atoms with Crippen molar-refractivity contribution in [1.29, 1.82) is 0 Å². The molecular formula is C15H20N2O3. The SMILES string of the molecule is Cc1ccc(OC(C)C(=O)NC2CCC(=O)NC2)cc1. The van der Waals surface area contributed by atoms with E-state index in [1.54, 1.807) is 6.92 Å². The molecule has 0 radical (unpaired) electrons. The Kier molecular flexibility index (Phi) is 4.61. The van der Waals surface area contributed by atoms with Crippen LogP contribution < -0.4 is 15.4 Å². The highest BCUT2D eigenvalue weighted by Gasteiger charge is 2.22. The van der Waals surface area contributed by atoms with Crippen molar-refractivity contribution in [2.24, 2.45) is 0 Å². The molecule has 5 heteroatoms. The van der Waals surface area contributed by atoms with Gasteiger partial charge in [0, 0.05) is 19.0 Å². The first kappa shape index (κ1) is 14.4. The van der Waals surface area contributed by atoms with Gasteiger partial charge in [0.1, 0.15) is 5.75 Å². The van der Waals surface area contributed by atoms with Crippen molar-refractivity contribution in [1.82, 2.24) is 10.6 Å². The second-order valence-corrected chi connectivity index (χ2v) is 5.12. The second-order valence-electron chi connectivity index (χ2n) is 5.12. The predicted octanol–water partition coefficient (Wildman–Crippen LogP) is 1.16. The van der Waals surface area contributed by atoms with Gasteiger partial charge < -0.3 is 15.4 Å². The van der Waals surface area contributed by atoms with E-state index in [1.165, 1.54) is 0 Å². The van der Waals surface area contributed by atoms with Gasteiger partial charge in [-0.25, -0.2) is 0 Å². The highest BCUT2D eigenvalue weighted by atomic mass is 16.5. The summed E-state index contributed by atoms with van der Waals surface area (Å²) in [5, 5.41) is 5.63. The maximum Gasteiger partial charge on any atom is 0.261 e. The van der Waals surface area contributed by atoms with Gasteiger partial charge in [0.05, 0.1) is 0 Å². The van der Waals surface area contributed by atoms with E-state index in [0.29, 0.717) is 25.1 Å². The second kappa shape index (κ2) is 6.41. The van der Waals surface area contributed by atoms with Crippen LogP contribution >= 0.6 is 0 Å². The smallest absolute Gasteiger partial charge is 0.261 e. The Morgan fingerprint density at radius 2 is 2.10 bits per heavy atom. The molecule has 0 saturated carbocycles. The lowest BCUT2D eigenvalue weighted by molar-refractivity contribution is -0.129. The Morgan fingerprint density at radius 3 is 2.70 bits per heavy atom. The van der Waals surface area contributed by atoms with Crippen LogP contribution in [0, 0.1) is 6.92 Å². The van der Waals surface area contributed by atoms with E-state index in [0.717, 1.165) is 5.56 Å². The maximum atomic E-state index is 12.0. The minimum atomic E-state index is -0.560. The third kappa shape index (κ3) is 3.98. The minimum absolute atomic E-state index is 0.00994. The van der Waals surface area contributed by atoms with Crippen LogP contribution in [0.1, 0.15) is 25.3 Å². The molecule has 1 aromatic carbocycles. The Bertz CT molecular complexity index is 474. The molecule has 2 N–H and O–H groups in total. The summed E-state index contributed by atoms with van der Waals surface area (Å²) in [5.41, 5.74) is 1.15. The molecule has 1 heterocycles. The standard InChI is InChI=1S/C15H20N2O3/c1-10-3-6-13(7-4-10)20-11(2)15(19)17-12-5-8-14(18)16-9-12/h3-4,6-7,11-12H,5,8-9H2,1-2H3,(H,16,18)(H,17,19). The van der Waals surface area contributed by atoms with Crippen LogP contribution in [-0.4, -0.2) is 30.5 Å². The lowest BCUT2D eigenvalue weighted by atomic mass is 10.1. The molecule has 20 heavy (non-hydrogen) atoms. The number of nitrogens with one attached hydrogen (secondary N) is 2. The number of hydrogen-bond acceptors (Lipinski definition) is 3. The molecule has 0 bridgehead atoms. The first-order valence-corrected chi connectivity index (χ1v) is 6.85. The summed E-state index contributed by atoms with van der Waals surface area (Å²) >= 11 is 0. The van der Waals surface area contributed by atoms with Gasteiger partial charge in [-0.05, 0) is 32.4 Å². The summed E-state index contributed by atoms with van der Waals surface area (Å²) in [6.07, 6.45) is 0.572. The molecular weight excluding hydrogens is 256 g/mol. The molecule has 5 nitrogen and oxygen atoms in total. The number of amides is 2. The third-order valence-electron chi connectivity index (χ3n) is 3.31. The first-order chi connectivity index (χ1) is 9.54. The fraction of sp³-hybridized carbons (Fsp3) is 0.467. The van der Waals surface area contributed by atoms with Gasteiger partial charge in [-0.2, -0.15) is 0 Å². The first-order valence-electron chi connectivity index (χ1n) is 6.85. The number of carbonyl (C=O) groups excluding carboxylic acids is 2. The molecule has 0 aromatic heterocycles. The van der Waals surface area contributed by atoms with Gasteiger partial charge in [-0.15, -0.1) is 0 Å². The average molecular weight is 276 g/mol. The molecule has 1 aromatic rings. The van der Waals surface area contributed by atoms with Crippen molar-refractivity contribution in [2.45, 2.75) is 38.8 Å². The molecule has 0 spiro atoms. The molecule has 2 amide bonds. The number of aryl methyl sites for hydroxylation is 1. The van der Waals surface area contributed by atoms with Crippen LogP contribution in [0.2, 0.25) is 0 Å². The van der Waals surface area contributed by atoms with Crippen LogP contribution in [0.3, 0.4) is 0 Å². The molecule has 1 aliphatic rings. The average Bonchev–Trinajstić information content (AvgIpc) is 2.44. The van der Waals surface area contributed by atoms with Crippen molar-refractivity contribution in [3.05, 3.63) is 29.8 Å². The van der Waals surface area contributed by atoms with E-state index in [9.17, 15) is 9.59 Å². The van der Waals surface area contributed by atoms with Gasteiger partial charge in [0.15, 0.2) is 6.10 Å². The molecule has 1 fully saturated rings. The van der Waals surface area contributed by atoms with E-state index in [-0.39, 0.29) is 17.9 Å². The van der Waals surface area contributed by atoms with Crippen LogP contribution in [0.15, 0.2) is 24.3 Å². The fourth-order valence-electron chi connectivity index (χ4n) is 2.05. The summed E-state index contributed by atoms with van der Waals surface area (Å²) in [5.74, 6) is 0.557. The van der Waals surface area contributed by atoms with Crippen LogP contribution in [0.4, 0.5) is 0 Å². The van der Waals surface area contributed by atoms with E-state index in [2.05, 4.69) is 10.6 Å². The largest absolute Gasteiger partial charge is 0.481 e. The van der Waals surface area contributed by atoms with Crippen molar-refractivity contribution in [3.63, 3.8) is 0 Å². The van der Waals surface area contributed by atoms with E-state index < -0.39 is 6.10 Å². The van der Waals surface area contributed by atoms with Crippen molar-refractivity contribution >= 4 is 11.8 Å². The third-order valence-corrected chi connectivity index (χ3v) is 3.31. The summed E-state index contributed by atoms with van der Waals surface area (Å²) in [6.45, 7) is 4.20. The minimum Gasteiger partial charge on any atom is -0.481 e. The molecule has 2 rings (SSSR count). The number of piperidine rings is 1. The Hall–Kier alpha value is -2.04. The lowest BCUT2D eigenvalue weighted by Gasteiger charge is -2.25. The normalized spacial score (nSPS) is 19.9. The topological polar surface area (TPSA) is 67.4 Å². The quantitative estimate of drug-likeness (QED) is 0.867. The Morgan fingerprint density at radius 1 is 1.40 bits per heavy atom. The van der Waals surface area contributed by atoms with Crippen molar-refractivity contribution in [2.75, 3.05) is 6.54 Å². The van der Waals surface area contributed by atoms with Gasteiger partial charge in [-0.1, -0.05) is 17.7 Å². The predicted molar refractivity (Wildman–Crippen MR) is 75.4 cm³/mol. The highest BCUT2D eigenvalue weighted by molar-refractivity contribution is 5.82. The number of carbonyl (C=O) groups is 2. The number of hydrogen-bond donors (Lipinski definition) is 2. The maximum absolute atomic E-state index is 12.0. The fourth-order valence-corrected chi connectivity index (χ4v) is 2.05. The monoisotopic (exact) mass is 276 g/mol. The van der Waals surface area contributed by atoms with Gasteiger partial charge in [0.2, 0.25) is 5.91 Å². The molecule has 2 atom stereocenters. The van der Waals surface area contributed by atoms with E-state index >= 15 is 0 Å². The highest BCUT2D eigenvalue weighted by Crippen LogP contribution is 2.13. The van der Waals surface area contributed by atoms with E-state index in [1.807, 2.05) is 31.2 Å². The zero-order valence-corrected chi connectivity index (χ0v) is 11.8.